The summed E-state index contributed by atoms with van der Waals surface area (Å²) < 4.78 is 18.8. The highest BCUT2D eigenvalue weighted by Gasteiger charge is 2.31. The number of carbonyl (C=O) groups excluding carboxylic acids is 2. The van der Waals surface area contributed by atoms with E-state index in [9.17, 15) is 14.0 Å². The van der Waals surface area contributed by atoms with Crippen molar-refractivity contribution in [1.29, 1.82) is 0 Å². The normalized spacial score (nSPS) is 15.7. The lowest BCUT2D eigenvalue weighted by Crippen LogP contribution is -2.20. The fraction of sp³-hybridized carbons (Fsp3) is 0.176. The van der Waals surface area contributed by atoms with Crippen molar-refractivity contribution >= 4 is 11.8 Å². The molecule has 0 radical (unpaired) electrons. The topological polar surface area (TPSA) is 81.4 Å². The first-order valence-electron chi connectivity index (χ1n) is 7.09. The number of nitrogens with one attached hydrogen (secondary N) is 1. The minimum absolute atomic E-state index is 0.187. The van der Waals surface area contributed by atoms with Gasteiger partial charge < -0.3 is 15.8 Å². The molecule has 23 heavy (non-hydrogen) atoms. The second-order valence-electron chi connectivity index (χ2n) is 5.30. The minimum Gasteiger partial charge on any atom is -0.491 e. The van der Waals surface area contributed by atoms with Crippen molar-refractivity contribution in [3.05, 3.63) is 64.5 Å². The molecule has 1 aliphatic rings. The Morgan fingerprint density at radius 3 is 2.57 bits per heavy atom. The predicted octanol–water partition coefficient (Wildman–Crippen LogP) is 1.81. The van der Waals surface area contributed by atoms with E-state index in [2.05, 4.69) is 5.32 Å². The maximum Gasteiger partial charge on any atom is 0.254 e. The quantitative estimate of drug-likeness (QED) is 0.906. The van der Waals surface area contributed by atoms with Crippen LogP contribution < -0.4 is 15.8 Å². The minimum atomic E-state index is -0.622. The Bertz CT molecular complexity index is 787. The molecule has 0 saturated heterocycles. The number of fused-ring (bicyclic) bond motifs is 1. The molecule has 118 valence electrons. The van der Waals surface area contributed by atoms with Crippen LogP contribution >= 0.6 is 0 Å². The van der Waals surface area contributed by atoms with Gasteiger partial charge in [0.1, 0.15) is 11.6 Å². The van der Waals surface area contributed by atoms with Crippen LogP contribution in [0.3, 0.4) is 0 Å². The van der Waals surface area contributed by atoms with E-state index in [1.54, 1.807) is 18.2 Å². The van der Waals surface area contributed by atoms with Gasteiger partial charge in [-0.05, 0) is 29.8 Å². The molecule has 0 bridgehead atoms. The Morgan fingerprint density at radius 1 is 1.26 bits per heavy atom. The number of hydrogen-bond acceptors (Lipinski definition) is 3. The highest BCUT2D eigenvalue weighted by Crippen LogP contribution is 2.41. The van der Waals surface area contributed by atoms with Gasteiger partial charge in [0.05, 0.1) is 12.2 Å². The maximum absolute atomic E-state index is 13.1. The second kappa shape index (κ2) is 5.72. The van der Waals surface area contributed by atoms with E-state index in [0.29, 0.717) is 17.9 Å². The number of hydrogen-bond donors (Lipinski definition) is 2. The van der Waals surface area contributed by atoms with Gasteiger partial charge in [0.15, 0.2) is 0 Å². The van der Waals surface area contributed by atoms with E-state index >= 15 is 0 Å². The van der Waals surface area contributed by atoms with Gasteiger partial charge in [-0.3, -0.25) is 9.59 Å². The average molecular weight is 314 g/mol. The summed E-state index contributed by atoms with van der Waals surface area (Å²) in [5.74, 6) is -1.06. The molecule has 0 aliphatic carbocycles. The summed E-state index contributed by atoms with van der Waals surface area (Å²) in [7, 11) is 1.50. The second-order valence-corrected chi connectivity index (χ2v) is 5.30. The van der Waals surface area contributed by atoms with E-state index in [4.69, 9.17) is 10.5 Å². The Morgan fingerprint density at radius 2 is 1.96 bits per heavy atom. The molecular weight excluding hydrogens is 299 g/mol. The van der Waals surface area contributed by atoms with Crippen LogP contribution in [0.1, 0.15) is 37.8 Å². The molecular formula is C17H15FN2O3. The molecule has 2 aromatic carbocycles. The van der Waals surface area contributed by atoms with Crippen LogP contribution in [0.25, 0.3) is 0 Å². The Balaban J connectivity index is 2.14. The Labute approximate surface area is 132 Å². The summed E-state index contributed by atoms with van der Waals surface area (Å²) in [6, 6.07) is 9.11. The van der Waals surface area contributed by atoms with E-state index in [1.807, 2.05) is 0 Å². The molecule has 1 atom stereocenters. The summed E-state index contributed by atoms with van der Waals surface area (Å²) in [5, 5.41) is 2.52. The van der Waals surface area contributed by atoms with Crippen molar-refractivity contribution in [3.63, 3.8) is 0 Å². The van der Waals surface area contributed by atoms with Gasteiger partial charge in [-0.2, -0.15) is 0 Å². The standard InChI is InChI=1S/C17H15FN2O3/c1-20-17(22)13-7-10(16(19)21)6-12-14(8-23-15(12)13)9-2-4-11(18)5-3-9/h2-7,14H,8H2,1H3,(H2,19,21)(H,20,22). The van der Waals surface area contributed by atoms with Gasteiger partial charge in [0.25, 0.3) is 5.91 Å². The molecule has 0 aromatic heterocycles. The van der Waals surface area contributed by atoms with E-state index in [1.165, 1.54) is 25.2 Å². The zero-order chi connectivity index (χ0) is 16.6. The summed E-state index contributed by atoms with van der Waals surface area (Å²) >= 11 is 0. The number of benzene rings is 2. The molecule has 0 saturated carbocycles. The largest absolute Gasteiger partial charge is 0.491 e. The van der Waals surface area contributed by atoms with Crippen LogP contribution in [0.4, 0.5) is 4.39 Å². The number of amides is 2. The van der Waals surface area contributed by atoms with Crippen molar-refractivity contribution in [2.45, 2.75) is 5.92 Å². The number of nitrogens with two attached hydrogens (primary N) is 1. The molecule has 1 unspecified atom stereocenters. The van der Waals surface area contributed by atoms with Crippen molar-refractivity contribution in [2.24, 2.45) is 5.73 Å². The molecule has 0 spiro atoms. The van der Waals surface area contributed by atoms with E-state index < -0.39 is 5.91 Å². The summed E-state index contributed by atoms with van der Waals surface area (Å²) in [6.45, 7) is 0.313. The molecule has 1 heterocycles. The van der Waals surface area contributed by atoms with Crippen molar-refractivity contribution < 1.29 is 18.7 Å². The lowest BCUT2D eigenvalue weighted by molar-refractivity contribution is 0.0960. The SMILES string of the molecule is CNC(=O)c1cc(C(N)=O)cc2c1OCC2c1ccc(F)cc1. The van der Waals surface area contributed by atoms with Gasteiger partial charge in [0, 0.05) is 24.1 Å². The average Bonchev–Trinajstić information content (AvgIpc) is 2.97. The van der Waals surface area contributed by atoms with Crippen LogP contribution in [-0.2, 0) is 0 Å². The molecule has 2 aromatic rings. The summed E-state index contributed by atoms with van der Waals surface area (Å²) in [5.41, 5.74) is 7.41. The molecule has 3 rings (SSSR count). The highest BCUT2D eigenvalue weighted by molar-refractivity contribution is 6.02. The molecule has 6 heteroatoms. The first kappa shape index (κ1) is 15.0. The Hall–Kier alpha value is -2.89. The van der Waals surface area contributed by atoms with E-state index in [0.717, 1.165) is 5.56 Å². The third kappa shape index (κ3) is 2.63. The number of halogens is 1. The van der Waals surface area contributed by atoms with Gasteiger partial charge in [-0.1, -0.05) is 12.1 Å². The van der Waals surface area contributed by atoms with Crippen molar-refractivity contribution in [2.75, 3.05) is 13.7 Å². The maximum atomic E-state index is 13.1. The first-order chi connectivity index (χ1) is 11.0. The molecule has 3 N–H and O–H groups in total. The fourth-order valence-corrected chi connectivity index (χ4v) is 2.74. The molecule has 1 aliphatic heterocycles. The van der Waals surface area contributed by atoms with Crippen LogP contribution in [0.2, 0.25) is 0 Å². The first-order valence-corrected chi connectivity index (χ1v) is 7.09. The fourth-order valence-electron chi connectivity index (χ4n) is 2.74. The lowest BCUT2D eigenvalue weighted by Gasteiger charge is -2.11. The van der Waals surface area contributed by atoms with Crippen LogP contribution in [0, 0.1) is 5.82 Å². The van der Waals surface area contributed by atoms with Gasteiger partial charge in [0.2, 0.25) is 5.91 Å². The third-order valence-electron chi connectivity index (χ3n) is 3.92. The molecule has 2 amide bonds. The van der Waals surface area contributed by atoms with Crippen LogP contribution in [0.15, 0.2) is 36.4 Å². The zero-order valence-electron chi connectivity index (χ0n) is 12.4. The molecule has 5 nitrogen and oxygen atoms in total. The number of primary amides is 1. The lowest BCUT2D eigenvalue weighted by atomic mass is 9.90. The van der Waals surface area contributed by atoms with Crippen molar-refractivity contribution in [3.8, 4) is 5.75 Å². The smallest absolute Gasteiger partial charge is 0.254 e. The van der Waals surface area contributed by atoms with Crippen LogP contribution in [-0.4, -0.2) is 25.5 Å². The number of rotatable bonds is 3. The summed E-state index contributed by atoms with van der Waals surface area (Å²) in [4.78, 5) is 23.6. The predicted molar refractivity (Wildman–Crippen MR) is 82.1 cm³/mol. The monoisotopic (exact) mass is 314 g/mol. The van der Waals surface area contributed by atoms with Crippen molar-refractivity contribution in [1.82, 2.24) is 5.32 Å². The van der Waals surface area contributed by atoms with Crippen LogP contribution in [0.5, 0.6) is 5.75 Å². The van der Waals surface area contributed by atoms with E-state index in [-0.39, 0.29) is 28.8 Å². The number of carbonyl (C=O) groups is 2. The highest BCUT2D eigenvalue weighted by atomic mass is 19.1. The summed E-state index contributed by atoms with van der Waals surface area (Å²) in [6.07, 6.45) is 0. The van der Waals surface area contributed by atoms with Gasteiger partial charge in [-0.25, -0.2) is 4.39 Å². The third-order valence-corrected chi connectivity index (χ3v) is 3.92. The Kier molecular flexibility index (Phi) is 3.73. The zero-order valence-corrected chi connectivity index (χ0v) is 12.4. The van der Waals surface area contributed by atoms with Gasteiger partial charge in [-0.15, -0.1) is 0 Å². The number of ether oxygens (including phenoxy) is 1. The van der Waals surface area contributed by atoms with Gasteiger partial charge >= 0.3 is 0 Å². The molecule has 0 fully saturated rings.